The topological polar surface area (TPSA) is 72.5 Å². The van der Waals surface area contributed by atoms with E-state index >= 15 is 0 Å². The third-order valence-electron chi connectivity index (χ3n) is 12.7. The van der Waals surface area contributed by atoms with E-state index in [-0.39, 0.29) is 39.5 Å². The molecule has 5 nitrogen and oxygen atoms in total. The summed E-state index contributed by atoms with van der Waals surface area (Å²) in [4.78, 5) is 38.1. The second kappa shape index (κ2) is 6.03. The normalized spacial score (nSPS) is 52.7. The van der Waals surface area contributed by atoms with Crippen molar-refractivity contribution in [3.63, 3.8) is 0 Å². The van der Waals surface area contributed by atoms with Crippen LogP contribution in [0.1, 0.15) is 79.6 Å². The van der Waals surface area contributed by atoms with Crippen LogP contribution in [0, 0.1) is 44.8 Å². The molecule has 0 aromatic carbocycles. The second-order valence-corrected chi connectivity index (χ2v) is 14.0. The molecule has 3 spiro atoms. The summed E-state index contributed by atoms with van der Waals surface area (Å²) in [6.07, 6.45) is 15.8. The molecule has 35 heavy (non-hydrogen) atoms. The average Bonchev–Trinajstić information content (AvgIpc) is 3.08. The third-order valence-corrected chi connectivity index (χ3v) is 12.7. The molecule has 7 aliphatic rings. The van der Waals surface area contributed by atoms with E-state index in [1.165, 1.54) is 19.3 Å². The Balaban J connectivity index is 1.25. The Labute approximate surface area is 207 Å². The first-order valence-corrected chi connectivity index (χ1v) is 13.6. The number of allylic oxidation sites excluding steroid dienone is 2. The lowest BCUT2D eigenvalue weighted by atomic mass is 9.42. The highest BCUT2D eigenvalue weighted by atomic mass is 16.6. The molecule has 1 N–H and O–H groups in total. The van der Waals surface area contributed by atoms with Crippen LogP contribution < -0.4 is 5.32 Å². The standard InChI is InChI=1S/C30H37NO4/c1-17-14-30(35-24(17)34)15-18(23(33)31-30)19-8-10-27(5)21-7-6-20-25(2,3)22(32)9-11-28(20)16-29(21,28)13-12-26(19,27)4/h9,11,14-15,19-21H,6-8,10,12-13,16H2,1-5H3,(H,31,33)/t19-,20+,21+,26-,27+,28-,29+,30-/m1/s1. The molecule has 0 radical (unpaired) electrons. The molecule has 1 amide bonds. The maximum Gasteiger partial charge on any atom is 0.336 e. The highest BCUT2D eigenvalue weighted by molar-refractivity contribution is 6.01. The van der Waals surface area contributed by atoms with Crippen LogP contribution in [0.5, 0.6) is 0 Å². The summed E-state index contributed by atoms with van der Waals surface area (Å²) in [6, 6.07) is 0. The predicted molar refractivity (Wildman–Crippen MR) is 131 cm³/mol. The minimum Gasteiger partial charge on any atom is -0.428 e. The monoisotopic (exact) mass is 475 g/mol. The van der Waals surface area contributed by atoms with Crippen LogP contribution in [0.25, 0.3) is 0 Å². The quantitative estimate of drug-likeness (QED) is 0.540. The molecule has 4 fully saturated rings. The number of ether oxygens (including phenoxy) is 1. The van der Waals surface area contributed by atoms with Gasteiger partial charge in [0, 0.05) is 16.6 Å². The van der Waals surface area contributed by atoms with Crippen molar-refractivity contribution in [3.8, 4) is 0 Å². The summed E-state index contributed by atoms with van der Waals surface area (Å²) in [6.45, 7) is 11.0. The van der Waals surface area contributed by atoms with E-state index in [1.54, 1.807) is 13.0 Å². The first-order valence-electron chi connectivity index (χ1n) is 13.6. The molecule has 0 unspecified atom stereocenters. The van der Waals surface area contributed by atoms with Gasteiger partial charge < -0.3 is 10.1 Å². The van der Waals surface area contributed by atoms with Gasteiger partial charge in [0.05, 0.1) is 0 Å². The maximum absolute atomic E-state index is 13.3. The van der Waals surface area contributed by atoms with Crippen molar-refractivity contribution in [3.05, 3.63) is 35.5 Å². The van der Waals surface area contributed by atoms with Gasteiger partial charge in [-0.25, -0.2) is 4.79 Å². The number of carbonyl (C=O) groups is 3. The number of esters is 1. The molecule has 0 aromatic heterocycles. The average molecular weight is 476 g/mol. The van der Waals surface area contributed by atoms with Gasteiger partial charge in [0.15, 0.2) is 5.78 Å². The minimum absolute atomic E-state index is 0.0271. The lowest BCUT2D eigenvalue weighted by molar-refractivity contribution is -0.145. The fourth-order valence-electron chi connectivity index (χ4n) is 10.7. The summed E-state index contributed by atoms with van der Waals surface area (Å²) in [7, 11) is 0. The van der Waals surface area contributed by atoms with E-state index < -0.39 is 5.72 Å². The molecule has 0 bridgehead atoms. The molecule has 7 rings (SSSR count). The van der Waals surface area contributed by atoms with Crippen LogP contribution >= 0.6 is 0 Å². The van der Waals surface area contributed by atoms with Gasteiger partial charge in [0.2, 0.25) is 5.72 Å². The predicted octanol–water partition coefficient (Wildman–Crippen LogP) is 5.03. The van der Waals surface area contributed by atoms with Crippen molar-refractivity contribution < 1.29 is 19.1 Å². The lowest BCUT2D eigenvalue weighted by Crippen LogP contribution is -2.56. The number of nitrogens with one attached hydrogen (secondary N) is 1. The number of hydrogen-bond donors (Lipinski definition) is 1. The Hall–Kier alpha value is -2.17. The van der Waals surface area contributed by atoms with Gasteiger partial charge in [0.25, 0.3) is 5.91 Å². The highest BCUT2D eigenvalue weighted by Gasteiger charge is 2.81. The first-order chi connectivity index (χ1) is 16.3. The van der Waals surface area contributed by atoms with E-state index in [4.69, 9.17) is 4.74 Å². The van der Waals surface area contributed by atoms with Gasteiger partial charge in [-0.3, -0.25) is 9.59 Å². The smallest absolute Gasteiger partial charge is 0.336 e. The molecule has 5 heteroatoms. The molecule has 5 aliphatic carbocycles. The van der Waals surface area contributed by atoms with Gasteiger partial charge in [0.1, 0.15) is 0 Å². The van der Waals surface area contributed by atoms with Gasteiger partial charge in [-0.15, -0.1) is 0 Å². The van der Waals surface area contributed by atoms with Crippen LogP contribution in [0.4, 0.5) is 0 Å². The van der Waals surface area contributed by atoms with Crippen molar-refractivity contribution in [2.75, 3.05) is 0 Å². The molecular formula is C30H37NO4. The van der Waals surface area contributed by atoms with Crippen molar-refractivity contribution in [1.82, 2.24) is 5.32 Å². The summed E-state index contributed by atoms with van der Waals surface area (Å²) >= 11 is 0. The van der Waals surface area contributed by atoms with Crippen LogP contribution in [-0.4, -0.2) is 23.4 Å². The van der Waals surface area contributed by atoms with Crippen LogP contribution in [0.2, 0.25) is 0 Å². The number of carbonyl (C=O) groups excluding carboxylic acids is 3. The zero-order valence-corrected chi connectivity index (χ0v) is 21.6. The molecule has 2 aliphatic heterocycles. The van der Waals surface area contributed by atoms with Crippen LogP contribution in [0.3, 0.4) is 0 Å². The molecule has 8 atom stereocenters. The summed E-state index contributed by atoms with van der Waals surface area (Å²) in [5.74, 6) is 1.10. The number of amides is 1. The van der Waals surface area contributed by atoms with Crippen LogP contribution in [0.15, 0.2) is 35.5 Å². The minimum atomic E-state index is -1.09. The van der Waals surface area contributed by atoms with E-state index in [9.17, 15) is 14.4 Å². The number of ketones is 1. The molecule has 186 valence electrons. The second-order valence-electron chi connectivity index (χ2n) is 14.0. The molecule has 2 heterocycles. The van der Waals surface area contributed by atoms with Gasteiger partial charge >= 0.3 is 5.97 Å². The van der Waals surface area contributed by atoms with E-state index in [0.29, 0.717) is 28.6 Å². The van der Waals surface area contributed by atoms with Crippen molar-refractivity contribution in [2.24, 2.45) is 44.8 Å². The SMILES string of the molecule is CC1=C[C@]2(C=C([C@H]3CC[C@@]4(C)[C@@H]5CC[C@H]6C(C)(C)C(=O)C=C[C@@]67C[C@@]57CC[C@]34C)C(=O)N2)OC1=O. The molecule has 4 saturated carbocycles. The molecule has 0 aromatic rings. The zero-order chi connectivity index (χ0) is 24.8. The molecular weight excluding hydrogens is 438 g/mol. The number of fused-ring (bicyclic) bond motifs is 2. The van der Waals surface area contributed by atoms with Crippen LogP contribution in [-0.2, 0) is 19.1 Å². The fourth-order valence-corrected chi connectivity index (χ4v) is 10.7. The first kappa shape index (κ1) is 22.1. The summed E-state index contributed by atoms with van der Waals surface area (Å²) in [5, 5.41) is 2.97. The van der Waals surface area contributed by atoms with Gasteiger partial charge in [-0.1, -0.05) is 33.8 Å². The lowest BCUT2D eigenvalue weighted by Gasteiger charge is -2.61. The largest absolute Gasteiger partial charge is 0.428 e. The van der Waals surface area contributed by atoms with E-state index in [2.05, 4.69) is 39.1 Å². The van der Waals surface area contributed by atoms with Gasteiger partial charge in [-0.05, 0) is 110 Å². The Morgan fingerprint density at radius 2 is 1.66 bits per heavy atom. The van der Waals surface area contributed by atoms with E-state index in [0.717, 1.165) is 31.3 Å². The van der Waals surface area contributed by atoms with Crippen molar-refractivity contribution in [1.29, 1.82) is 0 Å². The summed E-state index contributed by atoms with van der Waals surface area (Å²) in [5.41, 5.74) is 0.665. The Morgan fingerprint density at radius 1 is 0.914 bits per heavy atom. The van der Waals surface area contributed by atoms with E-state index in [1.807, 2.05) is 12.2 Å². The Morgan fingerprint density at radius 3 is 2.37 bits per heavy atom. The maximum atomic E-state index is 13.3. The van der Waals surface area contributed by atoms with Gasteiger partial charge in [-0.2, -0.15) is 0 Å². The summed E-state index contributed by atoms with van der Waals surface area (Å²) < 4.78 is 5.60. The fraction of sp³-hybridized carbons (Fsp3) is 0.700. The Kier molecular flexibility index (Phi) is 3.80. The number of rotatable bonds is 1. The number of hydrogen-bond acceptors (Lipinski definition) is 4. The Bertz CT molecular complexity index is 1210. The van der Waals surface area contributed by atoms with Crippen molar-refractivity contribution >= 4 is 17.7 Å². The zero-order valence-electron chi connectivity index (χ0n) is 21.6. The van der Waals surface area contributed by atoms with Crippen molar-refractivity contribution in [2.45, 2.75) is 85.3 Å². The molecule has 0 saturated heterocycles. The highest BCUT2D eigenvalue weighted by Crippen LogP contribution is 2.88. The third kappa shape index (κ3) is 2.26.